The molecule has 0 spiro atoms. The lowest BCUT2D eigenvalue weighted by Gasteiger charge is -2.15. The number of hydrogen-bond donors (Lipinski definition) is 2. The molecule has 0 bridgehead atoms. The van der Waals surface area contributed by atoms with Crippen molar-refractivity contribution >= 4 is 11.5 Å². The Morgan fingerprint density at radius 2 is 1.79 bits per heavy atom. The van der Waals surface area contributed by atoms with Gasteiger partial charge in [-0.2, -0.15) is 0 Å². The van der Waals surface area contributed by atoms with E-state index in [-0.39, 0.29) is 12.2 Å². The van der Waals surface area contributed by atoms with Crippen molar-refractivity contribution in [1.29, 1.82) is 0 Å². The van der Waals surface area contributed by atoms with E-state index in [1.165, 1.54) is 18.2 Å². The van der Waals surface area contributed by atoms with Gasteiger partial charge in [-0.1, -0.05) is 13.0 Å². The molecule has 2 N–H and O–H groups in total. The van der Waals surface area contributed by atoms with Gasteiger partial charge in [0.15, 0.2) is 5.82 Å². The Kier molecular flexibility index (Phi) is 6.08. The molecule has 0 amide bonds. The van der Waals surface area contributed by atoms with Crippen LogP contribution in [0.15, 0.2) is 48.5 Å². The number of aryl methyl sites for hydroxylation is 1. The Morgan fingerprint density at radius 1 is 1.14 bits per heavy atom. The number of benzene rings is 2. The Morgan fingerprint density at radius 3 is 2.38 bits per heavy atom. The van der Waals surface area contributed by atoms with E-state index in [4.69, 9.17) is 0 Å². The van der Waals surface area contributed by atoms with Crippen LogP contribution in [0.25, 0.3) is 11.4 Å². The molecule has 2 aromatic carbocycles. The van der Waals surface area contributed by atoms with Crippen LogP contribution in [-0.2, 0) is 6.42 Å². The van der Waals surface area contributed by atoms with Gasteiger partial charge in [0.1, 0.15) is 23.6 Å². The minimum absolute atomic E-state index is 0.0474. The van der Waals surface area contributed by atoms with Gasteiger partial charge in [0.2, 0.25) is 0 Å². The molecule has 0 aliphatic heterocycles. The first-order valence-corrected chi connectivity index (χ1v) is 8.87. The van der Waals surface area contributed by atoms with Crippen LogP contribution >= 0.6 is 0 Å². The number of anilines is 1. The molecule has 3 rings (SSSR count). The van der Waals surface area contributed by atoms with E-state index >= 15 is 0 Å². The zero-order valence-electron chi connectivity index (χ0n) is 15.5. The van der Waals surface area contributed by atoms with Gasteiger partial charge in [-0.05, 0) is 30.7 Å². The molecule has 0 saturated heterocycles. The highest BCUT2D eigenvalue weighted by molar-refractivity contribution is 5.59. The number of nitro benzene ring substituents is 1. The molecular formula is C20H18F2N4O3. The predicted molar refractivity (Wildman–Crippen MR) is 103 cm³/mol. The molecule has 0 aliphatic rings. The summed E-state index contributed by atoms with van der Waals surface area (Å²) in [4.78, 5) is 19.1. The molecule has 9 heteroatoms. The van der Waals surface area contributed by atoms with E-state index in [9.17, 15) is 24.0 Å². The van der Waals surface area contributed by atoms with Gasteiger partial charge in [-0.25, -0.2) is 18.7 Å². The number of hydrogen-bond acceptors (Lipinski definition) is 6. The van der Waals surface area contributed by atoms with Crippen LogP contribution < -0.4 is 5.32 Å². The van der Waals surface area contributed by atoms with E-state index in [2.05, 4.69) is 15.3 Å². The third kappa shape index (κ3) is 4.69. The lowest BCUT2D eigenvalue weighted by atomic mass is 10.1. The molecule has 0 fully saturated rings. The monoisotopic (exact) mass is 400 g/mol. The van der Waals surface area contributed by atoms with Crippen molar-refractivity contribution in [3.05, 3.63) is 81.5 Å². The second-order valence-corrected chi connectivity index (χ2v) is 6.26. The topological polar surface area (TPSA) is 101 Å². The van der Waals surface area contributed by atoms with Crippen molar-refractivity contribution < 1.29 is 18.8 Å². The van der Waals surface area contributed by atoms with Crippen molar-refractivity contribution in [1.82, 2.24) is 9.97 Å². The van der Waals surface area contributed by atoms with Crippen LogP contribution in [0, 0.1) is 21.7 Å². The fourth-order valence-electron chi connectivity index (χ4n) is 2.76. The second-order valence-electron chi connectivity index (χ2n) is 6.26. The summed E-state index contributed by atoms with van der Waals surface area (Å²) < 4.78 is 27.6. The third-order valence-electron chi connectivity index (χ3n) is 4.29. The quantitative estimate of drug-likeness (QED) is 0.459. The summed E-state index contributed by atoms with van der Waals surface area (Å²) in [5.41, 5.74) is 0.811. The van der Waals surface area contributed by atoms with Gasteiger partial charge in [0.05, 0.1) is 10.5 Å². The lowest BCUT2D eigenvalue weighted by Crippen LogP contribution is -2.16. The van der Waals surface area contributed by atoms with Crippen molar-refractivity contribution in [2.75, 3.05) is 11.9 Å². The standard InChI is InChI=1S/C20H18F2N4O3/c1-2-13-10-18(23-11-17(27)19-15(21)4-3-5-16(19)22)25-20(24-13)12-6-8-14(9-7-12)26(28)29/h3-10,17,27H,2,11H2,1H3,(H,23,24,25). The number of halogens is 2. The smallest absolute Gasteiger partial charge is 0.269 e. The van der Waals surface area contributed by atoms with Gasteiger partial charge < -0.3 is 10.4 Å². The lowest BCUT2D eigenvalue weighted by molar-refractivity contribution is -0.384. The summed E-state index contributed by atoms with van der Waals surface area (Å²) in [5, 5.41) is 23.9. The largest absolute Gasteiger partial charge is 0.386 e. The Hall–Kier alpha value is -3.46. The minimum atomic E-state index is -1.42. The summed E-state index contributed by atoms with van der Waals surface area (Å²) in [7, 11) is 0. The van der Waals surface area contributed by atoms with Crippen LogP contribution in [0.1, 0.15) is 24.3 Å². The van der Waals surface area contributed by atoms with Gasteiger partial charge in [0.25, 0.3) is 5.69 Å². The third-order valence-corrected chi connectivity index (χ3v) is 4.29. The first-order chi connectivity index (χ1) is 13.9. The molecular weight excluding hydrogens is 382 g/mol. The fourth-order valence-corrected chi connectivity index (χ4v) is 2.76. The van der Waals surface area contributed by atoms with Crippen LogP contribution in [0.5, 0.6) is 0 Å². The molecule has 7 nitrogen and oxygen atoms in total. The zero-order valence-corrected chi connectivity index (χ0v) is 15.5. The average molecular weight is 400 g/mol. The maximum absolute atomic E-state index is 13.8. The molecule has 29 heavy (non-hydrogen) atoms. The highest BCUT2D eigenvalue weighted by Crippen LogP contribution is 2.23. The number of non-ortho nitro benzene ring substituents is 1. The normalized spacial score (nSPS) is 11.9. The number of aliphatic hydroxyl groups is 1. The first-order valence-electron chi connectivity index (χ1n) is 8.87. The molecule has 1 aromatic heterocycles. The van der Waals surface area contributed by atoms with E-state index in [0.717, 1.165) is 12.1 Å². The summed E-state index contributed by atoms with van der Waals surface area (Å²) >= 11 is 0. The number of aliphatic hydroxyl groups excluding tert-OH is 1. The van der Waals surface area contributed by atoms with Crippen molar-refractivity contribution in [3.63, 3.8) is 0 Å². The summed E-state index contributed by atoms with van der Waals surface area (Å²) in [6.45, 7) is 1.73. The summed E-state index contributed by atoms with van der Waals surface area (Å²) in [6.07, 6.45) is -0.819. The van der Waals surface area contributed by atoms with Gasteiger partial charge >= 0.3 is 0 Å². The van der Waals surface area contributed by atoms with Gasteiger partial charge in [-0.15, -0.1) is 0 Å². The molecule has 3 aromatic rings. The first kappa shape index (κ1) is 20.3. The van der Waals surface area contributed by atoms with E-state index in [0.29, 0.717) is 29.3 Å². The SMILES string of the molecule is CCc1cc(NCC(O)c2c(F)cccc2F)nc(-c2ccc([N+](=O)[O-])cc2)n1. The number of nitro groups is 1. The Bertz CT molecular complexity index is 1010. The predicted octanol–water partition coefficient (Wildman–Crippen LogP) is 4.04. The molecule has 0 radical (unpaired) electrons. The van der Waals surface area contributed by atoms with E-state index in [1.54, 1.807) is 18.2 Å². The van der Waals surface area contributed by atoms with Gasteiger partial charge in [0, 0.05) is 36.0 Å². The number of nitrogens with zero attached hydrogens (tertiary/aromatic N) is 3. The highest BCUT2D eigenvalue weighted by Gasteiger charge is 2.18. The fraction of sp³-hybridized carbons (Fsp3) is 0.200. The van der Waals surface area contributed by atoms with Crippen LogP contribution in [0.3, 0.4) is 0 Å². The zero-order chi connectivity index (χ0) is 21.0. The highest BCUT2D eigenvalue weighted by atomic mass is 19.1. The Labute approximate surface area is 165 Å². The summed E-state index contributed by atoms with van der Waals surface area (Å²) in [5.74, 6) is -0.958. The maximum Gasteiger partial charge on any atom is 0.269 e. The van der Waals surface area contributed by atoms with Crippen LogP contribution in [0.2, 0.25) is 0 Å². The van der Waals surface area contributed by atoms with Crippen LogP contribution in [0.4, 0.5) is 20.3 Å². The molecule has 1 heterocycles. The number of nitrogens with one attached hydrogen (secondary N) is 1. The molecule has 0 saturated carbocycles. The molecule has 1 unspecified atom stereocenters. The van der Waals surface area contributed by atoms with E-state index < -0.39 is 28.2 Å². The van der Waals surface area contributed by atoms with Crippen molar-refractivity contribution in [2.45, 2.75) is 19.4 Å². The van der Waals surface area contributed by atoms with Crippen molar-refractivity contribution in [2.24, 2.45) is 0 Å². The number of rotatable bonds is 7. The van der Waals surface area contributed by atoms with Gasteiger partial charge in [-0.3, -0.25) is 10.1 Å². The molecule has 0 aliphatic carbocycles. The van der Waals surface area contributed by atoms with E-state index in [1.807, 2.05) is 6.92 Å². The molecule has 1 atom stereocenters. The minimum Gasteiger partial charge on any atom is -0.386 e. The molecule has 150 valence electrons. The summed E-state index contributed by atoms with van der Waals surface area (Å²) in [6, 6.07) is 10.8. The maximum atomic E-state index is 13.8. The number of aromatic nitrogens is 2. The second kappa shape index (κ2) is 8.70. The Balaban J connectivity index is 1.82. The van der Waals surface area contributed by atoms with Crippen LogP contribution in [-0.4, -0.2) is 26.5 Å². The average Bonchev–Trinajstić information content (AvgIpc) is 2.72. The van der Waals surface area contributed by atoms with Crippen molar-refractivity contribution in [3.8, 4) is 11.4 Å².